The van der Waals surface area contributed by atoms with Gasteiger partial charge in [-0.1, -0.05) is 23.2 Å². The van der Waals surface area contributed by atoms with Crippen LogP contribution >= 0.6 is 39.1 Å². The smallest absolute Gasteiger partial charge is 0.381 e. The van der Waals surface area contributed by atoms with Crippen LogP contribution < -0.4 is 5.32 Å². The first kappa shape index (κ1) is 17.2. The standard InChI is InChI=1S/C13H14BrCl2F3N2/c14-9-1-2-10(12(16)11(9)15)20-8-3-5-21(6-4-8)7-13(17,18)19/h1-2,8,20H,3-7H2. The molecule has 0 aliphatic carbocycles. The van der Waals surface area contributed by atoms with E-state index in [1.165, 1.54) is 4.90 Å². The van der Waals surface area contributed by atoms with E-state index in [0.717, 1.165) is 0 Å². The Hall–Kier alpha value is -0.170. The van der Waals surface area contributed by atoms with Gasteiger partial charge in [-0.15, -0.1) is 0 Å². The molecule has 118 valence electrons. The van der Waals surface area contributed by atoms with Gasteiger partial charge in [-0.3, -0.25) is 4.90 Å². The molecular weight excluding hydrogens is 392 g/mol. The van der Waals surface area contributed by atoms with Crippen molar-refractivity contribution in [3.63, 3.8) is 0 Å². The Labute approximate surface area is 139 Å². The molecule has 0 bridgehead atoms. The third-order valence-electron chi connectivity index (χ3n) is 3.39. The van der Waals surface area contributed by atoms with Crippen molar-refractivity contribution in [1.29, 1.82) is 0 Å². The minimum Gasteiger partial charge on any atom is -0.381 e. The Morgan fingerprint density at radius 1 is 1.19 bits per heavy atom. The molecule has 0 unspecified atom stereocenters. The summed E-state index contributed by atoms with van der Waals surface area (Å²) in [5.41, 5.74) is 0.708. The van der Waals surface area contributed by atoms with Crippen molar-refractivity contribution in [2.45, 2.75) is 25.1 Å². The first-order valence-electron chi connectivity index (χ1n) is 6.45. The van der Waals surface area contributed by atoms with E-state index >= 15 is 0 Å². The van der Waals surface area contributed by atoms with Gasteiger partial charge in [0.15, 0.2) is 0 Å². The third kappa shape index (κ3) is 4.91. The van der Waals surface area contributed by atoms with Crippen molar-refractivity contribution in [1.82, 2.24) is 4.90 Å². The quantitative estimate of drug-likeness (QED) is 0.695. The van der Waals surface area contributed by atoms with Gasteiger partial charge in [0.05, 0.1) is 22.3 Å². The van der Waals surface area contributed by atoms with Gasteiger partial charge in [0.2, 0.25) is 0 Å². The summed E-state index contributed by atoms with van der Waals surface area (Å²) in [5.74, 6) is 0. The van der Waals surface area contributed by atoms with Crippen molar-refractivity contribution in [2.24, 2.45) is 0 Å². The minimum atomic E-state index is -4.14. The number of hydrogen-bond acceptors (Lipinski definition) is 2. The van der Waals surface area contributed by atoms with E-state index in [4.69, 9.17) is 23.2 Å². The number of benzene rings is 1. The normalized spacial score (nSPS) is 18.0. The van der Waals surface area contributed by atoms with Gasteiger partial charge in [-0.25, -0.2) is 0 Å². The Balaban J connectivity index is 1.91. The fraction of sp³-hybridized carbons (Fsp3) is 0.538. The molecule has 1 fully saturated rings. The maximum atomic E-state index is 12.3. The largest absolute Gasteiger partial charge is 0.401 e. The third-order valence-corrected chi connectivity index (χ3v) is 5.16. The van der Waals surface area contributed by atoms with E-state index < -0.39 is 12.7 Å². The number of nitrogens with zero attached hydrogens (tertiary/aromatic N) is 1. The topological polar surface area (TPSA) is 15.3 Å². The summed E-state index contributed by atoms with van der Waals surface area (Å²) in [6.45, 7) is -0.0112. The van der Waals surface area contributed by atoms with Gasteiger partial charge in [-0.2, -0.15) is 13.2 Å². The fourth-order valence-electron chi connectivity index (χ4n) is 2.35. The van der Waals surface area contributed by atoms with Crippen LogP contribution in [0.2, 0.25) is 10.0 Å². The Morgan fingerprint density at radius 3 is 2.38 bits per heavy atom. The molecule has 0 aromatic heterocycles. The van der Waals surface area contributed by atoms with Crippen molar-refractivity contribution >= 4 is 44.8 Å². The number of likely N-dealkylation sites (tertiary alicyclic amines) is 1. The SMILES string of the molecule is FC(F)(F)CN1CCC(Nc2ccc(Br)c(Cl)c2Cl)CC1. The highest BCUT2D eigenvalue weighted by Gasteiger charge is 2.32. The van der Waals surface area contributed by atoms with Gasteiger partial charge >= 0.3 is 6.18 Å². The number of hydrogen-bond donors (Lipinski definition) is 1. The molecule has 1 aliphatic heterocycles. The first-order valence-corrected chi connectivity index (χ1v) is 8.00. The molecule has 0 atom stereocenters. The minimum absolute atomic E-state index is 0.101. The van der Waals surface area contributed by atoms with Crippen LogP contribution in [0.4, 0.5) is 18.9 Å². The average molecular weight is 406 g/mol. The summed E-state index contributed by atoms with van der Waals surface area (Å²) < 4.78 is 37.7. The van der Waals surface area contributed by atoms with Gasteiger partial charge in [0.1, 0.15) is 0 Å². The lowest BCUT2D eigenvalue weighted by Gasteiger charge is -2.33. The average Bonchev–Trinajstić information content (AvgIpc) is 2.40. The molecule has 0 amide bonds. The molecule has 1 heterocycles. The number of piperidine rings is 1. The number of alkyl halides is 3. The van der Waals surface area contributed by atoms with Crippen molar-refractivity contribution in [2.75, 3.05) is 25.0 Å². The molecule has 8 heteroatoms. The molecule has 1 saturated heterocycles. The fourth-order valence-corrected chi connectivity index (χ4v) is 3.17. The summed E-state index contributed by atoms with van der Waals surface area (Å²) in [4.78, 5) is 1.42. The highest BCUT2D eigenvalue weighted by atomic mass is 79.9. The highest BCUT2D eigenvalue weighted by Crippen LogP contribution is 2.36. The van der Waals surface area contributed by atoms with E-state index in [1.54, 1.807) is 12.1 Å². The first-order chi connectivity index (χ1) is 9.76. The van der Waals surface area contributed by atoms with Crippen LogP contribution in [-0.2, 0) is 0 Å². The second kappa shape index (κ2) is 6.94. The summed E-state index contributed by atoms with van der Waals surface area (Å²) in [7, 11) is 0. The molecule has 0 radical (unpaired) electrons. The Morgan fingerprint density at radius 2 is 1.81 bits per heavy atom. The summed E-state index contributed by atoms with van der Waals surface area (Å²) in [6.07, 6.45) is -2.86. The van der Waals surface area contributed by atoms with Crippen molar-refractivity contribution in [3.8, 4) is 0 Å². The van der Waals surface area contributed by atoms with Crippen LogP contribution in [-0.4, -0.2) is 36.8 Å². The van der Waals surface area contributed by atoms with Crippen LogP contribution in [0.1, 0.15) is 12.8 Å². The lowest BCUT2D eigenvalue weighted by Crippen LogP contribution is -2.43. The van der Waals surface area contributed by atoms with Crippen molar-refractivity contribution < 1.29 is 13.2 Å². The van der Waals surface area contributed by atoms with Gasteiger partial charge in [0, 0.05) is 23.6 Å². The van der Waals surface area contributed by atoms with Crippen LogP contribution in [0.5, 0.6) is 0 Å². The predicted octanol–water partition coefficient (Wildman–Crippen LogP) is 5.19. The number of halogens is 6. The van der Waals surface area contributed by atoms with E-state index in [1.807, 2.05) is 0 Å². The second-order valence-electron chi connectivity index (χ2n) is 5.03. The highest BCUT2D eigenvalue weighted by molar-refractivity contribution is 9.10. The van der Waals surface area contributed by atoms with E-state index in [-0.39, 0.29) is 6.04 Å². The van der Waals surface area contributed by atoms with Crippen LogP contribution in [0.3, 0.4) is 0 Å². The number of anilines is 1. The monoisotopic (exact) mass is 404 g/mol. The summed E-state index contributed by atoms with van der Waals surface area (Å²) >= 11 is 15.5. The van der Waals surface area contributed by atoms with E-state index in [0.29, 0.717) is 46.1 Å². The van der Waals surface area contributed by atoms with Crippen LogP contribution in [0, 0.1) is 0 Å². The molecule has 0 saturated carbocycles. The Kier molecular flexibility index (Phi) is 5.68. The Bertz CT molecular complexity index is 503. The van der Waals surface area contributed by atoms with Crippen molar-refractivity contribution in [3.05, 3.63) is 26.7 Å². The molecule has 2 rings (SSSR count). The number of rotatable bonds is 3. The van der Waals surface area contributed by atoms with E-state index in [9.17, 15) is 13.2 Å². The number of nitrogens with one attached hydrogen (secondary N) is 1. The summed E-state index contributed by atoms with van der Waals surface area (Å²) in [5, 5.41) is 4.10. The zero-order valence-corrected chi connectivity index (χ0v) is 14.1. The molecular formula is C13H14BrCl2F3N2. The zero-order chi connectivity index (χ0) is 15.6. The second-order valence-corrected chi connectivity index (χ2v) is 6.64. The van der Waals surface area contributed by atoms with Crippen LogP contribution in [0.25, 0.3) is 0 Å². The maximum Gasteiger partial charge on any atom is 0.401 e. The van der Waals surface area contributed by atoms with Gasteiger partial charge in [0.25, 0.3) is 0 Å². The van der Waals surface area contributed by atoms with E-state index in [2.05, 4.69) is 21.2 Å². The summed E-state index contributed by atoms with van der Waals surface area (Å²) in [6, 6.07) is 3.69. The molecule has 2 nitrogen and oxygen atoms in total. The molecule has 1 aromatic carbocycles. The molecule has 0 spiro atoms. The maximum absolute atomic E-state index is 12.3. The zero-order valence-electron chi connectivity index (χ0n) is 11.0. The molecule has 1 aromatic rings. The molecule has 21 heavy (non-hydrogen) atoms. The van der Waals surface area contributed by atoms with Gasteiger partial charge < -0.3 is 5.32 Å². The molecule has 1 aliphatic rings. The lowest BCUT2D eigenvalue weighted by molar-refractivity contribution is -0.147. The molecule has 1 N–H and O–H groups in total. The van der Waals surface area contributed by atoms with Crippen LogP contribution in [0.15, 0.2) is 16.6 Å². The lowest BCUT2D eigenvalue weighted by atomic mass is 10.0. The predicted molar refractivity (Wildman–Crippen MR) is 83.3 cm³/mol. The van der Waals surface area contributed by atoms with Gasteiger partial charge in [-0.05, 0) is 40.9 Å².